The second-order valence-corrected chi connectivity index (χ2v) is 5.06. The average molecular weight is 326 g/mol. The topological polar surface area (TPSA) is 121 Å². The normalized spacial score (nSPS) is 10.7. The van der Waals surface area contributed by atoms with E-state index in [9.17, 15) is 25.0 Å². The molecule has 0 unspecified atom stereocenters. The molecule has 24 heavy (non-hydrogen) atoms. The number of hydrogen-bond acceptors (Lipinski definition) is 6. The van der Waals surface area contributed by atoms with Crippen molar-refractivity contribution in [3.05, 3.63) is 84.9 Å². The fourth-order valence-electron chi connectivity index (χ4n) is 2.34. The maximum Gasteiger partial charge on any atom is 0.271 e. The van der Waals surface area contributed by atoms with Gasteiger partial charge in [-0.05, 0) is 11.6 Å². The van der Waals surface area contributed by atoms with E-state index in [2.05, 4.69) is 4.98 Å². The van der Waals surface area contributed by atoms with Crippen LogP contribution in [0.2, 0.25) is 0 Å². The van der Waals surface area contributed by atoms with Crippen LogP contribution >= 0.6 is 0 Å². The lowest BCUT2D eigenvalue weighted by molar-refractivity contribution is -0.385. The Morgan fingerprint density at radius 1 is 1.00 bits per heavy atom. The van der Waals surface area contributed by atoms with E-state index in [4.69, 9.17) is 0 Å². The van der Waals surface area contributed by atoms with E-state index < -0.39 is 9.85 Å². The van der Waals surface area contributed by atoms with Crippen molar-refractivity contribution in [2.75, 3.05) is 0 Å². The molecule has 0 amide bonds. The summed E-state index contributed by atoms with van der Waals surface area (Å²) in [4.78, 5) is 37.0. The van der Waals surface area contributed by atoms with Crippen LogP contribution in [0.1, 0.15) is 5.56 Å². The molecule has 0 N–H and O–H groups in total. The first-order chi connectivity index (χ1) is 11.5. The molecule has 0 aliphatic carbocycles. The van der Waals surface area contributed by atoms with Gasteiger partial charge in [-0.15, -0.1) is 0 Å². The van der Waals surface area contributed by atoms with Gasteiger partial charge >= 0.3 is 0 Å². The Morgan fingerprint density at radius 3 is 2.42 bits per heavy atom. The predicted molar refractivity (Wildman–Crippen MR) is 84.9 cm³/mol. The molecule has 1 aromatic heterocycles. The van der Waals surface area contributed by atoms with Crippen LogP contribution in [-0.2, 0) is 6.54 Å². The molecule has 3 rings (SSSR count). The van der Waals surface area contributed by atoms with Crippen molar-refractivity contribution in [1.82, 2.24) is 9.55 Å². The Morgan fingerprint density at radius 2 is 1.71 bits per heavy atom. The van der Waals surface area contributed by atoms with Crippen LogP contribution in [0, 0.1) is 20.2 Å². The molecule has 0 atom stereocenters. The lowest BCUT2D eigenvalue weighted by atomic mass is 10.2. The fourth-order valence-corrected chi connectivity index (χ4v) is 2.34. The maximum absolute atomic E-state index is 12.5. The van der Waals surface area contributed by atoms with Crippen LogP contribution in [0.5, 0.6) is 0 Å². The molecule has 0 bridgehead atoms. The zero-order chi connectivity index (χ0) is 17.3. The highest BCUT2D eigenvalue weighted by Gasteiger charge is 2.11. The van der Waals surface area contributed by atoms with Gasteiger partial charge in [0.25, 0.3) is 16.9 Å². The highest BCUT2D eigenvalue weighted by atomic mass is 16.6. The van der Waals surface area contributed by atoms with Gasteiger partial charge in [0.15, 0.2) is 0 Å². The monoisotopic (exact) mass is 326 g/mol. The lowest BCUT2D eigenvalue weighted by Gasteiger charge is -2.06. The lowest BCUT2D eigenvalue weighted by Crippen LogP contribution is -2.21. The van der Waals surface area contributed by atoms with Crippen molar-refractivity contribution in [1.29, 1.82) is 0 Å². The van der Waals surface area contributed by atoms with Crippen LogP contribution in [0.25, 0.3) is 10.9 Å². The molecule has 9 heteroatoms. The number of non-ortho nitro benzene ring substituents is 2. The number of fused-ring (bicyclic) bond motifs is 1. The zero-order valence-corrected chi connectivity index (χ0v) is 12.2. The number of aromatic nitrogens is 2. The summed E-state index contributed by atoms with van der Waals surface area (Å²) < 4.78 is 1.30. The number of nitro groups is 2. The summed E-state index contributed by atoms with van der Waals surface area (Å²) in [5.74, 6) is 0. The summed E-state index contributed by atoms with van der Waals surface area (Å²) >= 11 is 0. The third-order valence-electron chi connectivity index (χ3n) is 3.49. The van der Waals surface area contributed by atoms with Gasteiger partial charge in [0.2, 0.25) is 0 Å². The molecule has 9 nitrogen and oxygen atoms in total. The second kappa shape index (κ2) is 5.88. The van der Waals surface area contributed by atoms with Crippen LogP contribution in [0.15, 0.2) is 53.6 Å². The van der Waals surface area contributed by atoms with Crippen LogP contribution < -0.4 is 5.56 Å². The SMILES string of the molecule is O=c1c2ccc([N+](=O)[O-])cc2ncn1Cc1cccc([N+](=O)[O-])c1. The maximum atomic E-state index is 12.5. The number of rotatable bonds is 4. The summed E-state index contributed by atoms with van der Waals surface area (Å²) in [6, 6.07) is 9.77. The summed E-state index contributed by atoms with van der Waals surface area (Å²) in [6.07, 6.45) is 1.27. The van der Waals surface area contributed by atoms with Crippen LogP contribution in [-0.4, -0.2) is 19.4 Å². The second-order valence-electron chi connectivity index (χ2n) is 5.06. The van der Waals surface area contributed by atoms with Crippen molar-refractivity contribution < 1.29 is 9.85 Å². The van der Waals surface area contributed by atoms with E-state index in [1.54, 1.807) is 6.07 Å². The first kappa shape index (κ1) is 15.3. The molecule has 0 aliphatic heterocycles. The van der Waals surface area contributed by atoms with Crippen LogP contribution in [0.4, 0.5) is 11.4 Å². The van der Waals surface area contributed by atoms with Gasteiger partial charge in [0.1, 0.15) is 0 Å². The molecule has 0 aliphatic rings. The van der Waals surface area contributed by atoms with Gasteiger partial charge in [0, 0.05) is 24.3 Å². The molecule has 2 aromatic carbocycles. The minimum absolute atomic E-state index is 0.0649. The minimum atomic E-state index is -0.560. The first-order valence-corrected chi connectivity index (χ1v) is 6.82. The highest BCUT2D eigenvalue weighted by molar-refractivity contribution is 5.79. The Bertz CT molecular complexity index is 1030. The number of hydrogen-bond donors (Lipinski definition) is 0. The molecule has 1 heterocycles. The molecule has 3 aromatic rings. The smallest absolute Gasteiger partial charge is 0.271 e. The molecule has 0 radical (unpaired) electrons. The van der Waals surface area contributed by atoms with Gasteiger partial charge < -0.3 is 0 Å². The minimum Gasteiger partial charge on any atom is -0.294 e. The highest BCUT2D eigenvalue weighted by Crippen LogP contribution is 2.17. The van der Waals surface area contributed by atoms with Crippen molar-refractivity contribution in [2.45, 2.75) is 6.54 Å². The van der Waals surface area contributed by atoms with Gasteiger partial charge in [-0.25, -0.2) is 4.98 Å². The molecule has 0 saturated carbocycles. The molecule has 0 spiro atoms. The Hall–Kier alpha value is -3.62. The number of nitro benzene ring substituents is 2. The number of nitrogens with zero attached hydrogens (tertiary/aromatic N) is 4. The zero-order valence-electron chi connectivity index (χ0n) is 12.2. The van der Waals surface area contributed by atoms with Crippen molar-refractivity contribution in [2.24, 2.45) is 0 Å². The van der Waals surface area contributed by atoms with E-state index >= 15 is 0 Å². The summed E-state index contributed by atoms with van der Waals surface area (Å²) in [7, 11) is 0. The summed E-state index contributed by atoms with van der Waals surface area (Å²) in [6.45, 7) is 0.112. The number of benzene rings is 2. The largest absolute Gasteiger partial charge is 0.294 e. The van der Waals surface area contributed by atoms with E-state index in [1.807, 2.05) is 0 Å². The molecular formula is C15H10N4O5. The van der Waals surface area contributed by atoms with E-state index in [0.29, 0.717) is 5.56 Å². The molecule has 120 valence electrons. The summed E-state index contributed by atoms with van der Waals surface area (Å²) in [5.41, 5.74) is 0.219. The Labute approximate surface area is 134 Å². The standard InChI is InChI=1S/C15H10N4O5/c20-15-13-5-4-12(19(23)24)7-14(13)16-9-17(15)8-10-2-1-3-11(6-10)18(21)22/h1-7,9H,8H2. The van der Waals surface area contributed by atoms with Crippen molar-refractivity contribution >= 4 is 22.3 Å². The third kappa shape index (κ3) is 2.82. The van der Waals surface area contributed by atoms with Gasteiger partial charge in [-0.2, -0.15) is 0 Å². The quantitative estimate of drug-likeness (QED) is 0.535. The van der Waals surface area contributed by atoms with E-state index in [1.165, 1.54) is 47.3 Å². The van der Waals surface area contributed by atoms with Gasteiger partial charge in [-0.3, -0.25) is 29.6 Å². The molecule has 0 fully saturated rings. The van der Waals surface area contributed by atoms with Crippen molar-refractivity contribution in [3.8, 4) is 0 Å². The van der Waals surface area contributed by atoms with Gasteiger partial charge in [-0.1, -0.05) is 12.1 Å². The summed E-state index contributed by atoms with van der Waals surface area (Å²) in [5, 5.41) is 21.8. The van der Waals surface area contributed by atoms with Gasteiger partial charge in [0.05, 0.1) is 33.6 Å². The van der Waals surface area contributed by atoms with Crippen molar-refractivity contribution in [3.63, 3.8) is 0 Å². The molecular weight excluding hydrogens is 316 g/mol. The Balaban J connectivity index is 2.02. The Kier molecular flexibility index (Phi) is 3.74. The third-order valence-corrected chi connectivity index (χ3v) is 3.49. The first-order valence-electron chi connectivity index (χ1n) is 6.82. The van der Waals surface area contributed by atoms with E-state index in [0.717, 1.165) is 0 Å². The fraction of sp³-hybridized carbons (Fsp3) is 0.0667. The van der Waals surface area contributed by atoms with E-state index in [-0.39, 0.29) is 34.4 Å². The average Bonchev–Trinajstić information content (AvgIpc) is 2.57. The van der Waals surface area contributed by atoms with Crippen LogP contribution in [0.3, 0.4) is 0 Å². The predicted octanol–water partition coefficient (Wildman–Crippen LogP) is 2.26. The molecule has 0 saturated heterocycles.